The van der Waals surface area contributed by atoms with Crippen LogP contribution in [0.5, 0.6) is 0 Å². The summed E-state index contributed by atoms with van der Waals surface area (Å²) < 4.78 is 5.93. The number of carbonyl (C=O) groups is 1. The van der Waals surface area contributed by atoms with Gasteiger partial charge in [-0.3, -0.25) is 0 Å². The third-order valence-electron chi connectivity index (χ3n) is 3.97. The van der Waals surface area contributed by atoms with Crippen LogP contribution >= 0.6 is 0 Å². The first kappa shape index (κ1) is 15.0. The fraction of sp³-hybridized carbons (Fsp3) is 0.278. The fourth-order valence-corrected chi connectivity index (χ4v) is 2.68. The maximum atomic E-state index is 11.0. The van der Waals surface area contributed by atoms with Gasteiger partial charge in [0, 0.05) is 16.7 Å². The number of benzene rings is 1. The molecule has 0 atom stereocenters. The topological polar surface area (TPSA) is 87.1 Å². The van der Waals surface area contributed by atoms with Crippen molar-refractivity contribution < 1.29 is 14.3 Å². The number of nitrogens with zero attached hydrogens (tertiary/aromatic N) is 2. The molecule has 0 bridgehead atoms. The Bertz CT molecular complexity index is 895. The highest BCUT2D eigenvalue weighted by Gasteiger charge is 2.19. The molecule has 0 radical (unpaired) electrons. The van der Waals surface area contributed by atoms with Crippen molar-refractivity contribution in [1.82, 2.24) is 4.98 Å². The van der Waals surface area contributed by atoms with Gasteiger partial charge < -0.3 is 9.52 Å². The van der Waals surface area contributed by atoms with Crippen LogP contribution in [0.4, 0.5) is 0 Å². The monoisotopic (exact) mass is 308 g/mol. The van der Waals surface area contributed by atoms with E-state index in [2.05, 4.69) is 11.1 Å². The first-order valence-corrected chi connectivity index (χ1v) is 7.47. The molecule has 23 heavy (non-hydrogen) atoms. The summed E-state index contributed by atoms with van der Waals surface area (Å²) in [7, 11) is 0. The van der Waals surface area contributed by atoms with Crippen molar-refractivity contribution in [3.63, 3.8) is 0 Å². The van der Waals surface area contributed by atoms with Crippen LogP contribution in [0.2, 0.25) is 0 Å². The van der Waals surface area contributed by atoms with Gasteiger partial charge >= 0.3 is 5.97 Å². The van der Waals surface area contributed by atoms with Gasteiger partial charge in [0.25, 0.3) is 0 Å². The van der Waals surface area contributed by atoms with Crippen molar-refractivity contribution in [3.05, 3.63) is 46.9 Å². The van der Waals surface area contributed by atoms with E-state index in [4.69, 9.17) is 14.8 Å². The third-order valence-corrected chi connectivity index (χ3v) is 3.97. The molecule has 3 rings (SSSR count). The van der Waals surface area contributed by atoms with E-state index in [1.807, 2.05) is 19.9 Å². The van der Waals surface area contributed by atoms with E-state index in [1.165, 1.54) is 0 Å². The lowest BCUT2D eigenvalue weighted by Crippen LogP contribution is -2.03. The number of carboxylic acids is 1. The van der Waals surface area contributed by atoms with Gasteiger partial charge in [-0.2, -0.15) is 5.26 Å². The number of aromatic nitrogens is 1. The van der Waals surface area contributed by atoms with Crippen molar-refractivity contribution in [3.8, 4) is 6.07 Å². The number of carboxylic acid groups (broad SMARTS) is 1. The second kappa shape index (κ2) is 5.73. The molecule has 0 fully saturated rings. The Labute approximate surface area is 133 Å². The molecule has 0 spiro atoms. The summed E-state index contributed by atoms with van der Waals surface area (Å²) in [6, 6.07) is 5.70. The maximum Gasteiger partial charge on any atom is 0.331 e. The Morgan fingerprint density at radius 3 is 2.70 bits per heavy atom. The number of oxazole rings is 1. The number of rotatable bonds is 3. The highest BCUT2D eigenvalue weighted by atomic mass is 16.4. The van der Waals surface area contributed by atoms with Crippen LogP contribution in [0.25, 0.3) is 16.7 Å². The van der Waals surface area contributed by atoms with Crippen molar-refractivity contribution in [1.29, 1.82) is 5.26 Å². The molecule has 0 aliphatic heterocycles. The lowest BCUT2D eigenvalue weighted by molar-refractivity contribution is -0.132. The second-order valence-corrected chi connectivity index (χ2v) is 5.89. The molecule has 0 saturated carbocycles. The van der Waals surface area contributed by atoms with E-state index >= 15 is 0 Å². The zero-order chi connectivity index (χ0) is 16.6. The minimum absolute atomic E-state index is 0.213. The molecule has 1 N–H and O–H groups in total. The molecule has 116 valence electrons. The molecule has 1 aliphatic carbocycles. The van der Waals surface area contributed by atoms with E-state index in [0.29, 0.717) is 41.0 Å². The van der Waals surface area contributed by atoms with Gasteiger partial charge in [-0.15, -0.1) is 0 Å². The molecule has 0 saturated heterocycles. The number of fused-ring (bicyclic) bond motifs is 1. The SMILES string of the molecule is CC(C)c1cc(C#N)cc2nc(C3=CC=C(C(=O)O)CC3)oc12. The van der Waals surface area contributed by atoms with Crippen molar-refractivity contribution >= 4 is 22.6 Å². The summed E-state index contributed by atoms with van der Waals surface area (Å²) in [6.45, 7) is 4.08. The Balaban J connectivity index is 2.09. The van der Waals surface area contributed by atoms with Gasteiger partial charge in [0.2, 0.25) is 5.89 Å². The van der Waals surface area contributed by atoms with Crippen molar-refractivity contribution in [2.24, 2.45) is 0 Å². The summed E-state index contributed by atoms with van der Waals surface area (Å²) in [5, 5.41) is 18.2. The number of hydrogen-bond donors (Lipinski definition) is 1. The summed E-state index contributed by atoms with van der Waals surface area (Å²) in [5.41, 5.74) is 4.14. The average molecular weight is 308 g/mol. The molecule has 5 nitrogen and oxygen atoms in total. The highest BCUT2D eigenvalue weighted by molar-refractivity contribution is 5.89. The molecule has 0 unspecified atom stereocenters. The summed E-state index contributed by atoms with van der Waals surface area (Å²) >= 11 is 0. The van der Waals surface area contributed by atoms with Gasteiger partial charge in [-0.25, -0.2) is 9.78 Å². The number of allylic oxidation sites excluding steroid dienone is 3. The Morgan fingerprint density at radius 1 is 1.35 bits per heavy atom. The van der Waals surface area contributed by atoms with Crippen LogP contribution in [0.3, 0.4) is 0 Å². The average Bonchev–Trinajstić information content (AvgIpc) is 2.97. The Kier molecular flexibility index (Phi) is 3.75. The Morgan fingerprint density at radius 2 is 2.13 bits per heavy atom. The van der Waals surface area contributed by atoms with Gasteiger partial charge in [-0.1, -0.05) is 26.0 Å². The second-order valence-electron chi connectivity index (χ2n) is 5.89. The summed E-state index contributed by atoms with van der Waals surface area (Å²) in [6.07, 6.45) is 4.38. The lowest BCUT2D eigenvalue weighted by atomic mass is 9.98. The molecule has 2 aromatic rings. The third kappa shape index (κ3) is 2.76. The normalized spacial score (nSPS) is 14.5. The van der Waals surface area contributed by atoms with E-state index in [0.717, 1.165) is 11.1 Å². The number of hydrogen-bond acceptors (Lipinski definition) is 4. The summed E-state index contributed by atoms with van der Waals surface area (Å²) in [4.78, 5) is 15.5. The molecule has 1 aliphatic rings. The number of nitriles is 1. The van der Waals surface area contributed by atoms with Crippen LogP contribution in [0.1, 0.15) is 49.6 Å². The van der Waals surface area contributed by atoms with Gasteiger partial charge in [-0.05, 0) is 30.9 Å². The largest absolute Gasteiger partial charge is 0.478 e. The molecule has 1 heterocycles. The first-order valence-electron chi connectivity index (χ1n) is 7.47. The molecular formula is C18H16N2O3. The van der Waals surface area contributed by atoms with E-state index < -0.39 is 5.97 Å². The predicted molar refractivity (Wildman–Crippen MR) is 85.7 cm³/mol. The smallest absolute Gasteiger partial charge is 0.331 e. The van der Waals surface area contributed by atoms with Gasteiger partial charge in [0.1, 0.15) is 5.52 Å². The standard InChI is InChI=1S/C18H16N2O3/c1-10(2)14-7-11(9-19)8-15-16(14)23-17(20-15)12-3-5-13(6-4-12)18(21)22/h3,5,7-8,10H,4,6H2,1-2H3,(H,21,22). The van der Waals surface area contributed by atoms with Crippen LogP contribution in [0.15, 0.2) is 34.3 Å². The molecule has 1 aromatic heterocycles. The quantitative estimate of drug-likeness (QED) is 0.925. The molecular weight excluding hydrogens is 292 g/mol. The minimum atomic E-state index is -0.890. The van der Waals surface area contributed by atoms with Crippen LogP contribution in [0, 0.1) is 11.3 Å². The predicted octanol–water partition coefficient (Wildman–Crippen LogP) is 4.01. The van der Waals surface area contributed by atoms with Gasteiger partial charge in [0.15, 0.2) is 5.58 Å². The minimum Gasteiger partial charge on any atom is -0.478 e. The van der Waals surface area contributed by atoms with Crippen LogP contribution < -0.4 is 0 Å². The summed E-state index contributed by atoms with van der Waals surface area (Å²) in [5.74, 6) is -0.179. The van der Waals surface area contributed by atoms with Crippen LogP contribution in [-0.2, 0) is 4.79 Å². The molecule has 0 amide bonds. The lowest BCUT2D eigenvalue weighted by Gasteiger charge is -2.09. The molecule has 1 aromatic carbocycles. The number of aliphatic carboxylic acids is 1. The molecule has 5 heteroatoms. The van der Waals surface area contributed by atoms with Crippen molar-refractivity contribution in [2.75, 3.05) is 0 Å². The highest BCUT2D eigenvalue weighted by Crippen LogP contribution is 2.32. The van der Waals surface area contributed by atoms with E-state index in [-0.39, 0.29) is 5.92 Å². The zero-order valence-corrected chi connectivity index (χ0v) is 13.0. The van der Waals surface area contributed by atoms with E-state index in [9.17, 15) is 4.79 Å². The van der Waals surface area contributed by atoms with E-state index in [1.54, 1.807) is 18.2 Å². The maximum absolute atomic E-state index is 11.0. The zero-order valence-electron chi connectivity index (χ0n) is 13.0. The fourth-order valence-electron chi connectivity index (χ4n) is 2.68. The first-order chi connectivity index (χ1) is 11.0. The Hall–Kier alpha value is -2.87. The van der Waals surface area contributed by atoms with Crippen LogP contribution in [-0.4, -0.2) is 16.1 Å². The van der Waals surface area contributed by atoms with Gasteiger partial charge in [0.05, 0.1) is 11.6 Å². The van der Waals surface area contributed by atoms with Crippen molar-refractivity contribution in [2.45, 2.75) is 32.6 Å².